The molecule has 0 saturated heterocycles. The molecule has 1 nitrogen and oxygen atoms in total. The van der Waals surface area contributed by atoms with E-state index < -0.39 is 17.7 Å². The van der Waals surface area contributed by atoms with Crippen molar-refractivity contribution in [3.05, 3.63) is 70.2 Å². The van der Waals surface area contributed by atoms with Gasteiger partial charge in [-0.15, -0.1) is 12.3 Å². The van der Waals surface area contributed by atoms with Crippen molar-refractivity contribution in [3.63, 3.8) is 0 Å². The molecule has 0 amide bonds. The normalized spacial score (nSPS) is 11.3. The van der Waals surface area contributed by atoms with Gasteiger partial charge >= 0.3 is 0 Å². The summed E-state index contributed by atoms with van der Waals surface area (Å²) in [6.07, 6.45) is 8.14. The van der Waals surface area contributed by atoms with Crippen molar-refractivity contribution in [3.8, 4) is 12.3 Å². The molecule has 0 heterocycles. The largest absolute Gasteiger partial charge is 0.389 e. The Kier molecular flexibility index (Phi) is 24.7. The third kappa shape index (κ3) is 17.0. The van der Waals surface area contributed by atoms with Crippen LogP contribution in [0.5, 0.6) is 0 Å². The Hall–Kier alpha value is -2.15. The second-order valence-corrected chi connectivity index (χ2v) is 7.07. The number of hydrogen-bond donors (Lipinski definition) is 1. The number of aliphatic hydroxyl groups is 1. The number of halogens is 3. The summed E-state index contributed by atoms with van der Waals surface area (Å²) in [5.74, 6) is 1.72. The molecule has 4 heteroatoms. The monoisotopic (exact) mass is 480 g/mol. The number of rotatable bonds is 4. The fourth-order valence-electron chi connectivity index (χ4n) is 2.00. The van der Waals surface area contributed by atoms with Crippen LogP contribution in [0.4, 0.5) is 8.78 Å². The Morgan fingerprint density at radius 3 is 1.82 bits per heavy atom. The van der Waals surface area contributed by atoms with Crippen molar-refractivity contribution >= 4 is 23.3 Å². The second-order valence-electron chi connectivity index (χ2n) is 6.63. The Balaban J connectivity index is -0.000000580. The van der Waals surface area contributed by atoms with E-state index in [0.29, 0.717) is 16.5 Å². The molecule has 0 bridgehead atoms. The summed E-state index contributed by atoms with van der Waals surface area (Å²) in [5.41, 5.74) is 1.33. The van der Waals surface area contributed by atoms with E-state index in [0.717, 1.165) is 24.1 Å². The fourth-order valence-corrected chi connectivity index (χ4v) is 2.13. The van der Waals surface area contributed by atoms with Crippen LogP contribution >= 0.6 is 11.6 Å². The second kappa shape index (κ2) is 23.0. The molecule has 0 radical (unpaired) electrons. The first-order chi connectivity index (χ1) is 15.7. The molecule has 33 heavy (non-hydrogen) atoms. The smallest absolute Gasteiger partial charge is 0.133 e. The van der Waals surface area contributed by atoms with Gasteiger partial charge in [0.1, 0.15) is 11.6 Å². The summed E-state index contributed by atoms with van der Waals surface area (Å²) in [7, 11) is 0. The highest BCUT2D eigenvalue weighted by Crippen LogP contribution is 2.25. The molecule has 0 aliphatic rings. The maximum atomic E-state index is 13.8. The van der Waals surface area contributed by atoms with Crippen LogP contribution in [0.3, 0.4) is 0 Å². The molecule has 0 aromatic heterocycles. The number of benzene rings is 2. The third-order valence-corrected chi connectivity index (χ3v) is 4.03. The maximum Gasteiger partial charge on any atom is 0.133 e. The topological polar surface area (TPSA) is 20.2 Å². The zero-order chi connectivity index (χ0) is 26.4. The lowest BCUT2D eigenvalue weighted by molar-refractivity contribution is 0.253. The molecule has 0 fully saturated rings. The lowest BCUT2D eigenvalue weighted by Crippen LogP contribution is -2.05. The first-order valence-electron chi connectivity index (χ1n) is 11.8. The maximum absolute atomic E-state index is 13.8. The van der Waals surface area contributed by atoms with Crippen LogP contribution in [0.2, 0.25) is 5.02 Å². The van der Waals surface area contributed by atoms with Gasteiger partial charge < -0.3 is 5.11 Å². The van der Waals surface area contributed by atoms with Crippen molar-refractivity contribution in [2.24, 2.45) is 5.92 Å². The summed E-state index contributed by atoms with van der Waals surface area (Å²) in [6, 6.07) is 10.2. The first-order valence-corrected chi connectivity index (χ1v) is 12.1. The summed E-state index contributed by atoms with van der Waals surface area (Å²) in [4.78, 5) is 0. The van der Waals surface area contributed by atoms with Crippen molar-refractivity contribution in [2.45, 2.75) is 81.3 Å². The van der Waals surface area contributed by atoms with E-state index in [-0.39, 0.29) is 5.56 Å². The molecule has 2 atom stereocenters. The third-order valence-electron chi connectivity index (χ3n) is 3.78. The molecule has 2 rings (SSSR count). The van der Waals surface area contributed by atoms with Crippen molar-refractivity contribution in [1.29, 1.82) is 0 Å². The lowest BCUT2D eigenvalue weighted by atomic mass is 9.98. The first kappa shape index (κ1) is 35.4. The number of terminal acetylenes is 1. The van der Waals surface area contributed by atoms with Gasteiger partial charge in [0.2, 0.25) is 0 Å². The van der Waals surface area contributed by atoms with E-state index in [1.807, 2.05) is 34.6 Å². The predicted octanol–water partition coefficient (Wildman–Crippen LogP) is 9.67. The summed E-state index contributed by atoms with van der Waals surface area (Å²) in [6.45, 7) is 17.9. The molecule has 2 unspecified atom stereocenters. The van der Waals surface area contributed by atoms with Crippen molar-refractivity contribution < 1.29 is 13.9 Å². The zero-order valence-corrected chi connectivity index (χ0v) is 22.6. The zero-order valence-electron chi connectivity index (χ0n) is 21.8. The number of aliphatic hydroxyl groups excluding tert-OH is 1. The van der Waals surface area contributed by atoms with E-state index in [1.165, 1.54) is 19.4 Å². The fraction of sp³-hybridized carbons (Fsp3) is 0.448. The van der Waals surface area contributed by atoms with Crippen LogP contribution in [0.15, 0.2) is 42.5 Å². The predicted molar refractivity (Wildman–Crippen MR) is 144 cm³/mol. The SMILES string of the molecule is C#CC(C)CC.CC.CC.CC(O)/C(=C/c1ccc(Cl)cc1)c1ccc(F)cc1F.CCC. The van der Waals surface area contributed by atoms with E-state index in [1.54, 1.807) is 30.3 Å². The lowest BCUT2D eigenvalue weighted by Gasteiger charge is -2.12. The molecule has 0 aliphatic carbocycles. The highest BCUT2D eigenvalue weighted by Gasteiger charge is 2.13. The van der Waals surface area contributed by atoms with Gasteiger partial charge in [0.25, 0.3) is 0 Å². The van der Waals surface area contributed by atoms with Gasteiger partial charge in [-0.3, -0.25) is 0 Å². The minimum atomic E-state index is -0.884. The molecule has 2 aromatic rings. The van der Waals surface area contributed by atoms with Crippen molar-refractivity contribution in [1.82, 2.24) is 0 Å². The summed E-state index contributed by atoms with van der Waals surface area (Å²) >= 11 is 5.80. The van der Waals surface area contributed by atoms with E-state index in [2.05, 4.69) is 26.7 Å². The standard InChI is InChI=1S/C16H13ClF2O.C6H10.C3H8.2C2H6/c1-10(20)15(8-11-2-4-12(17)5-3-11)14-7-6-13(18)9-16(14)19;1-4-6(3)5-2;1-3-2;2*1-2/h2-10,20H,1H3;1,6H,5H2,2-3H3;3H2,1-2H3;2*1-2H3/b15-8-;;;;. The molecular formula is C29H43ClF2O. The number of hydrogen-bond acceptors (Lipinski definition) is 1. The molecule has 0 saturated carbocycles. The summed E-state index contributed by atoms with van der Waals surface area (Å²) in [5, 5.41) is 10.4. The summed E-state index contributed by atoms with van der Waals surface area (Å²) < 4.78 is 26.8. The Labute approximate surface area is 206 Å². The highest BCUT2D eigenvalue weighted by atomic mass is 35.5. The molecular weight excluding hydrogens is 438 g/mol. The minimum Gasteiger partial charge on any atom is -0.389 e. The van der Waals surface area contributed by atoms with E-state index in [4.69, 9.17) is 18.0 Å². The van der Waals surface area contributed by atoms with Crippen LogP contribution in [0.25, 0.3) is 11.6 Å². The van der Waals surface area contributed by atoms with Crippen LogP contribution in [-0.2, 0) is 0 Å². The molecule has 0 spiro atoms. The van der Waals surface area contributed by atoms with Crippen LogP contribution < -0.4 is 0 Å². The van der Waals surface area contributed by atoms with Crippen LogP contribution in [0, 0.1) is 29.9 Å². The van der Waals surface area contributed by atoms with Gasteiger partial charge in [-0.05, 0) is 54.8 Å². The molecule has 2 aromatic carbocycles. The van der Waals surface area contributed by atoms with Gasteiger partial charge in [-0.1, -0.05) is 85.5 Å². The highest BCUT2D eigenvalue weighted by molar-refractivity contribution is 6.30. The average molecular weight is 481 g/mol. The Morgan fingerprint density at radius 2 is 1.48 bits per heavy atom. The van der Waals surface area contributed by atoms with Crippen LogP contribution in [0.1, 0.15) is 86.3 Å². The molecule has 1 N–H and O–H groups in total. The minimum absolute atomic E-state index is 0.177. The molecule has 186 valence electrons. The van der Waals surface area contributed by atoms with Gasteiger partial charge in [0, 0.05) is 22.6 Å². The van der Waals surface area contributed by atoms with Crippen molar-refractivity contribution in [2.75, 3.05) is 0 Å². The van der Waals surface area contributed by atoms with E-state index >= 15 is 0 Å². The van der Waals surface area contributed by atoms with E-state index in [9.17, 15) is 13.9 Å². The van der Waals surface area contributed by atoms with Gasteiger partial charge in [-0.25, -0.2) is 8.78 Å². The molecule has 0 aliphatic heterocycles. The van der Waals surface area contributed by atoms with Gasteiger partial charge in [0.05, 0.1) is 6.10 Å². The van der Waals surface area contributed by atoms with Gasteiger partial charge in [0.15, 0.2) is 0 Å². The Bertz CT molecular complexity index is 790. The average Bonchev–Trinajstić information content (AvgIpc) is 2.82. The van der Waals surface area contributed by atoms with Crippen LogP contribution in [-0.4, -0.2) is 11.2 Å². The Morgan fingerprint density at radius 1 is 1.00 bits per heavy atom. The van der Waals surface area contributed by atoms with Gasteiger partial charge in [-0.2, -0.15) is 0 Å². The quantitative estimate of drug-likeness (QED) is 0.341.